The van der Waals surface area contributed by atoms with Gasteiger partial charge in [-0.3, -0.25) is 4.79 Å². The largest absolute Gasteiger partial charge is 0.394 e. The molecule has 0 aliphatic heterocycles. The van der Waals surface area contributed by atoms with Crippen LogP contribution in [-0.2, 0) is 14.3 Å². The van der Waals surface area contributed by atoms with E-state index in [-0.39, 0.29) is 12.5 Å². The second-order valence-corrected chi connectivity index (χ2v) is 2.65. The topological polar surface area (TPSA) is 67.8 Å². The first kappa shape index (κ1) is 13.4. The van der Waals surface area contributed by atoms with Crippen LogP contribution in [0.3, 0.4) is 0 Å². The highest BCUT2D eigenvalue weighted by atomic mass is 16.5. The average molecular weight is 205 g/mol. The maximum Gasteiger partial charge on any atom is 0.219 e. The van der Waals surface area contributed by atoms with Crippen molar-refractivity contribution in [3.63, 3.8) is 0 Å². The van der Waals surface area contributed by atoms with Crippen molar-refractivity contribution in [3.05, 3.63) is 0 Å². The van der Waals surface area contributed by atoms with E-state index in [0.29, 0.717) is 39.4 Å². The van der Waals surface area contributed by atoms with Crippen LogP contribution in [0.25, 0.3) is 0 Å². The summed E-state index contributed by atoms with van der Waals surface area (Å²) in [5, 5.41) is 11.1. The molecule has 0 rings (SSSR count). The molecule has 0 bridgehead atoms. The van der Waals surface area contributed by atoms with Crippen molar-refractivity contribution < 1.29 is 19.4 Å². The first-order valence-corrected chi connectivity index (χ1v) is 4.84. The summed E-state index contributed by atoms with van der Waals surface area (Å²) in [6.07, 6.45) is 0.500. The number of carbonyl (C=O) groups is 1. The van der Waals surface area contributed by atoms with Crippen LogP contribution in [0.5, 0.6) is 0 Å². The van der Waals surface area contributed by atoms with Gasteiger partial charge in [0.2, 0.25) is 5.91 Å². The third-order valence-corrected chi connectivity index (χ3v) is 1.50. The fourth-order valence-corrected chi connectivity index (χ4v) is 0.774. The summed E-state index contributed by atoms with van der Waals surface area (Å²) < 4.78 is 10.1. The van der Waals surface area contributed by atoms with Gasteiger partial charge in [0.15, 0.2) is 0 Å². The Morgan fingerprint density at radius 1 is 1.21 bits per heavy atom. The molecule has 14 heavy (non-hydrogen) atoms. The minimum Gasteiger partial charge on any atom is -0.394 e. The molecule has 0 spiro atoms. The van der Waals surface area contributed by atoms with Gasteiger partial charge in [-0.05, 0) is 0 Å². The summed E-state index contributed by atoms with van der Waals surface area (Å²) in [4.78, 5) is 10.8. The van der Waals surface area contributed by atoms with Crippen molar-refractivity contribution in [2.45, 2.75) is 13.3 Å². The van der Waals surface area contributed by atoms with E-state index in [1.807, 2.05) is 0 Å². The zero-order valence-corrected chi connectivity index (χ0v) is 8.62. The Morgan fingerprint density at radius 3 is 2.43 bits per heavy atom. The Balaban J connectivity index is 2.95. The zero-order chi connectivity index (χ0) is 10.6. The molecule has 84 valence electrons. The maximum atomic E-state index is 10.8. The van der Waals surface area contributed by atoms with E-state index in [2.05, 4.69) is 5.32 Å². The van der Waals surface area contributed by atoms with Gasteiger partial charge in [-0.25, -0.2) is 0 Å². The number of hydrogen-bond donors (Lipinski definition) is 2. The lowest BCUT2D eigenvalue weighted by atomic mass is 10.4. The van der Waals surface area contributed by atoms with E-state index in [1.54, 1.807) is 6.92 Å². The van der Waals surface area contributed by atoms with Crippen molar-refractivity contribution in [1.82, 2.24) is 5.32 Å². The Hall–Kier alpha value is -0.650. The molecular weight excluding hydrogens is 186 g/mol. The highest BCUT2D eigenvalue weighted by Crippen LogP contribution is 1.79. The lowest BCUT2D eigenvalue weighted by molar-refractivity contribution is -0.121. The molecule has 2 N–H and O–H groups in total. The molecule has 5 nitrogen and oxygen atoms in total. The zero-order valence-electron chi connectivity index (χ0n) is 8.62. The number of carbonyl (C=O) groups excluding carboxylic acids is 1. The fourth-order valence-electron chi connectivity index (χ4n) is 0.774. The van der Waals surface area contributed by atoms with Gasteiger partial charge in [0.05, 0.1) is 33.0 Å². The van der Waals surface area contributed by atoms with Gasteiger partial charge in [-0.2, -0.15) is 0 Å². The fraction of sp³-hybridized carbons (Fsp3) is 0.889. The van der Waals surface area contributed by atoms with E-state index < -0.39 is 0 Å². The van der Waals surface area contributed by atoms with Crippen molar-refractivity contribution in [3.8, 4) is 0 Å². The number of rotatable bonds is 9. The molecular formula is C9H19NO4. The number of amides is 1. The van der Waals surface area contributed by atoms with Gasteiger partial charge in [-0.1, -0.05) is 6.92 Å². The standard InChI is InChI=1S/C9H19NO4/c1-2-9(12)10-3-5-13-7-8-14-6-4-11/h11H,2-8H2,1H3,(H,10,12). The second kappa shape index (κ2) is 10.4. The summed E-state index contributed by atoms with van der Waals surface area (Å²) in [7, 11) is 0. The molecule has 0 saturated heterocycles. The Labute approximate surface area is 84.4 Å². The molecule has 0 aromatic heterocycles. The molecule has 0 aliphatic carbocycles. The lowest BCUT2D eigenvalue weighted by Crippen LogP contribution is -2.26. The van der Waals surface area contributed by atoms with Gasteiger partial charge in [0.1, 0.15) is 0 Å². The first-order chi connectivity index (χ1) is 6.81. The van der Waals surface area contributed by atoms with Crippen molar-refractivity contribution >= 4 is 5.91 Å². The molecule has 0 heterocycles. The van der Waals surface area contributed by atoms with E-state index in [0.717, 1.165) is 0 Å². The number of ether oxygens (including phenoxy) is 2. The molecule has 1 amide bonds. The Kier molecular flexibility index (Phi) is 9.95. The predicted molar refractivity (Wildman–Crippen MR) is 52.0 cm³/mol. The third kappa shape index (κ3) is 9.44. The molecule has 0 aromatic carbocycles. The highest BCUT2D eigenvalue weighted by molar-refractivity contribution is 5.75. The first-order valence-electron chi connectivity index (χ1n) is 4.84. The highest BCUT2D eigenvalue weighted by Gasteiger charge is 1.94. The molecule has 0 aromatic rings. The molecule has 0 saturated carbocycles. The SMILES string of the molecule is CCC(=O)NCCOCCOCCO. The normalized spacial score (nSPS) is 10.1. The van der Waals surface area contributed by atoms with Crippen LogP contribution in [0.1, 0.15) is 13.3 Å². The number of aliphatic hydroxyl groups is 1. The minimum atomic E-state index is 0.0325. The van der Waals surface area contributed by atoms with Crippen LogP contribution in [0.15, 0.2) is 0 Å². The number of nitrogens with one attached hydrogen (secondary N) is 1. The van der Waals surface area contributed by atoms with E-state index in [1.165, 1.54) is 0 Å². The van der Waals surface area contributed by atoms with Crippen LogP contribution in [0, 0.1) is 0 Å². The van der Waals surface area contributed by atoms with Gasteiger partial charge in [-0.15, -0.1) is 0 Å². The van der Waals surface area contributed by atoms with Crippen molar-refractivity contribution in [2.75, 3.05) is 39.6 Å². The minimum absolute atomic E-state index is 0.0325. The molecule has 0 radical (unpaired) electrons. The lowest BCUT2D eigenvalue weighted by Gasteiger charge is -2.05. The van der Waals surface area contributed by atoms with Crippen molar-refractivity contribution in [2.24, 2.45) is 0 Å². The van der Waals surface area contributed by atoms with Gasteiger partial charge in [0.25, 0.3) is 0 Å². The maximum absolute atomic E-state index is 10.8. The summed E-state index contributed by atoms with van der Waals surface area (Å²) in [6.45, 7) is 4.17. The molecule has 0 unspecified atom stereocenters. The Morgan fingerprint density at radius 2 is 1.86 bits per heavy atom. The van der Waals surface area contributed by atoms with Gasteiger partial charge >= 0.3 is 0 Å². The Bertz CT molecular complexity index is 141. The molecule has 0 atom stereocenters. The summed E-state index contributed by atoms with van der Waals surface area (Å²) in [6, 6.07) is 0. The third-order valence-electron chi connectivity index (χ3n) is 1.50. The quantitative estimate of drug-likeness (QED) is 0.500. The van der Waals surface area contributed by atoms with Crippen LogP contribution < -0.4 is 5.32 Å². The monoisotopic (exact) mass is 205 g/mol. The summed E-state index contributed by atoms with van der Waals surface area (Å²) in [5.41, 5.74) is 0. The number of hydrogen-bond acceptors (Lipinski definition) is 4. The van der Waals surface area contributed by atoms with E-state index in [9.17, 15) is 4.79 Å². The van der Waals surface area contributed by atoms with Crippen molar-refractivity contribution in [1.29, 1.82) is 0 Å². The van der Waals surface area contributed by atoms with Crippen LogP contribution in [-0.4, -0.2) is 50.6 Å². The van der Waals surface area contributed by atoms with Crippen LogP contribution >= 0.6 is 0 Å². The average Bonchev–Trinajstić information content (AvgIpc) is 2.21. The van der Waals surface area contributed by atoms with Gasteiger partial charge in [0, 0.05) is 13.0 Å². The van der Waals surface area contributed by atoms with Crippen LogP contribution in [0.2, 0.25) is 0 Å². The summed E-state index contributed by atoms with van der Waals surface area (Å²) in [5.74, 6) is 0.0325. The summed E-state index contributed by atoms with van der Waals surface area (Å²) >= 11 is 0. The van der Waals surface area contributed by atoms with E-state index in [4.69, 9.17) is 14.6 Å². The van der Waals surface area contributed by atoms with Gasteiger partial charge < -0.3 is 19.9 Å². The smallest absolute Gasteiger partial charge is 0.219 e. The van der Waals surface area contributed by atoms with E-state index >= 15 is 0 Å². The molecule has 5 heteroatoms. The molecule has 0 aliphatic rings. The van der Waals surface area contributed by atoms with Crippen LogP contribution in [0.4, 0.5) is 0 Å². The predicted octanol–water partition coefficient (Wildman–Crippen LogP) is -0.462. The molecule has 0 fully saturated rings. The second-order valence-electron chi connectivity index (χ2n) is 2.65. The number of aliphatic hydroxyl groups excluding tert-OH is 1.